The number of ether oxygens (including phenoxy) is 1. The van der Waals surface area contributed by atoms with Gasteiger partial charge in [-0.15, -0.1) is 11.3 Å². The first-order chi connectivity index (χ1) is 10.7. The smallest absolute Gasteiger partial charge is 0.181 e. The van der Waals surface area contributed by atoms with Crippen LogP contribution in [0.3, 0.4) is 0 Å². The maximum absolute atomic E-state index is 5.11. The number of thiophene rings is 1. The summed E-state index contributed by atoms with van der Waals surface area (Å²) in [6.07, 6.45) is 1.76. The summed E-state index contributed by atoms with van der Waals surface area (Å²) in [6, 6.07) is 5.76. The van der Waals surface area contributed by atoms with Gasteiger partial charge < -0.3 is 10.1 Å². The van der Waals surface area contributed by atoms with E-state index in [1.807, 2.05) is 18.2 Å². The van der Waals surface area contributed by atoms with Crippen molar-refractivity contribution in [3.8, 4) is 11.5 Å². The van der Waals surface area contributed by atoms with Crippen molar-refractivity contribution in [1.82, 2.24) is 15.0 Å². The normalized spacial score (nSPS) is 11.0. The van der Waals surface area contributed by atoms with Crippen LogP contribution in [-0.4, -0.2) is 35.2 Å². The SMILES string of the molecule is COCCNc1nc(-c2ccccn2)nc2sc(C)c(C)c12. The van der Waals surface area contributed by atoms with E-state index >= 15 is 0 Å². The largest absolute Gasteiger partial charge is 0.383 e. The molecule has 0 saturated carbocycles. The first-order valence-electron chi connectivity index (χ1n) is 7.12. The number of methoxy groups -OCH3 is 1. The molecule has 0 radical (unpaired) electrons. The lowest BCUT2D eigenvalue weighted by Gasteiger charge is -2.09. The van der Waals surface area contributed by atoms with Gasteiger partial charge in [0.15, 0.2) is 5.82 Å². The minimum Gasteiger partial charge on any atom is -0.383 e. The van der Waals surface area contributed by atoms with Crippen LogP contribution < -0.4 is 5.32 Å². The summed E-state index contributed by atoms with van der Waals surface area (Å²) in [5.41, 5.74) is 2.01. The number of nitrogens with one attached hydrogen (secondary N) is 1. The Morgan fingerprint density at radius 2 is 2.09 bits per heavy atom. The summed E-state index contributed by atoms with van der Waals surface area (Å²) >= 11 is 1.69. The summed E-state index contributed by atoms with van der Waals surface area (Å²) in [6.45, 7) is 5.56. The number of nitrogens with zero attached hydrogens (tertiary/aromatic N) is 3. The minimum atomic E-state index is 0.632. The maximum Gasteiger partial charge on any atom is 0.181 e. The topological polar surface area (TPSA) is 59.9 Å². The molecule has 0 aromatic carbocycles. The molecule has 3 aromatic heterocycles. The van der Waals surface area contributed by atoms with E-state index in [1.165, 1.54) is 10.4 Å². The predicted octanol–water partition coefficient (Wildman–Crippen LogP) is 3.43. The van der Waals surface area contributed by atoms with Crippen LogP contribution in [0.25, 0.3) is 21.7 Å². The van der Waals surface area contributed by atoms with Crippen molar-refractivity contribution >= 4 is 27.4 Å². The molecule has 3 heterocycles. The molecule has 0 spiro atoms. The second kappa shape index (κ2) is 6.37. The lowest BCUT2D eigenvalue weighted by Crippen LogP contribution is -2.10. The van der Waals surface area contributed by atoms with Crippen LogP contribution >= 0.6 is 11.3 Å². The van der Waals surface area contributed by atoms with Gasteiger partial charge in [0, 0.05) is 24.7 Å². The number of anilines is 1. The Labute approximate surface area is 133 Å². The van der Waals surface area contributed by atoms with Crippen LogP contribution in [0.15, 0.2) is 24.4 Å². The molecule has 0 aliphatic heterocycles. The zero-order chi connectivity index (χ0) is 15.5. The van der Waals surface area contributed by atoms with Gasteiger partial charge in [0.2, 0.25) is 0 Å². The molecule has 3 aromatic rings. The van der Waals surface area contributed by atoms with E-state index in [0.29, 0.717) is 19.0 Å². The van der Waals surface area contributed by atoms with Gasteiger partial charge in [-0.1, -0.05) is 6.07 Å². The summed E-state index contributed by atoms with van der Waals surface area (Å²) in [7, 11) is 1.69. The van der Waals surface area contributed by atoms with Crippen molar-refractivity contribution in [2.24, 2.45) is 0 Å². The molecule has 0 amide bonds. The molecular weight excluding hydrogens is 296 g/mol. The van der Waals surface area contributed by atoms with Crippen LogP contribution in [-0.2, 0) is 4.74 Å². The Hall–Kier alpha value is -2.05. The van der Waals surface area contributed by atoms with E-state index in [1.54, 1.807) is 24.6 Å². The number of pyridine rings is 1. The van der Waals surface area contributed by atoms with Gasteiger partial charge in [0.05, 0.1) is 12.0 Å². The Balaban J connectivity index is 2.12. The highest BCUT2D eigenvalue weighted by atomic mass is 32.1. The molecule has 6 heteroatoms. The first kappa shape index (κ1) is 14.9. The lowest BCUT2D eigenvalue weighted by atomic mass is 10.2. The average molecular weight is 314 g/mol. The zero-order valence-electron chi connectivity index (χ0n) is 12.9. The number of rotatable bonds is 5. The summed E-state index contributed by atoms with van der Waals surface area (Å²) < 4.78 is 5.11. The third kappa shape index (κ3) is 2.80. The van der Waals surface area contributed by atoms with Gasteiger partial charge >= 0.3 is 0 Å². The van der Waals surface area contributed by atoms with Gasteiger partial charge in [0.1, 0.15) is 16.3 Å². The number of hydrogen-bond acceptors (Lipinski definition) is 6. The summed E-state index contributed by atoms with van der Waals surface area (Å²) in [5, 5.41) is 4.45. The standard InChI is InChI=1S/C16H18N4OS/c1-10-11(2)22-16-13(10)15(18-8-9-21-3)19-14(20-16)12-6-4-5-7-17-12/h4-7H,8-9H2,1-3H3,(H,18,19,20). The van der Waals surface area contributed by atoms with Crippen molar-refractivity contribution in [1.29, 1.82) is 0 Å². The second-order valence-electron chi connectivity index (χ2n) is 4.99. The molecule has 0 aliphatic rings. The van der Waals surface area contributed by atoms with E-state index in [-0.39, 0.29) is 0 Å². The van der Waals surface area contributed by atoms with Gasteiger partial charge in [-0.3, -0.25) is 4.98 Å². The van der Waals surface area contributed by atoms with Crippen LogP contribution in [0, 0.1) is 13.8 Å². The molecular formula is C16H18N4OS. The van der Waals surface area contributed by atoms with Crippen LogP contribution in [0.4, 0.5) is 5.82 Å². The van der Waals surface area contributed by atoms with Gasteiger partial charge in [-0.2, -0.15) is 0 Å². The third-order valence-corrected chi connectivity index (χ3v) is 4.62. The fourth-order valence-electron chi connectivity index (χ4n) is 2.26. The Bertz CT molecular complexity index is 786. The predicted molar refractivity (Wildman–Crippen MR) is 90.5 cm³/mol. The van der Waals surface area contributed by atoms with Crippen LogP contribution in [0.1, 0.15) is 10.4 Å². The van der Waals surface area contributed by atoms with Crippen molar-refractivity contribution in [2.75, 3.05) is 25.6 Å². The Morgan fingerprint density at radius 3 is 2.82 bits per heavy atom. The zero-order valence-corrected chi connectivity index (χ0v) is 13.7. The average Bonchev–Trinajstić information content (AvgIpc) is 2.83. The third-order valence-electron chi connectivity index (χ3n) is 3.52. The Morgan fingerprint density at radius 1 is 1.23 bits per heavy atom. The quantitative estimate of drug-likeness (QED) is 0.731. The first-order valence-corrected chi connectivity index (χ1v) is 7.94. The fourth-order valence-corrected chi connectivity index (χ4v) is 3.29. The maximum atomic E-state index is 5.11. The van der Waals surface area contributed by atoms with Crippen molar-refractivity contribution in [3.63, 3.8) is 0 Å². The highest BCUT2D eigenvalue weighted by Gasteiger charge is 2.15. The molecule has 0 atom stereocenters. The van der Waals surface area contributed by atoms with E-state index in [2.05, 4.69) is 34.1 Å². The molecule has 0 saturated heterocycles. The lowest BCUT2D eigenvalue weighted by molar-refractivity contribution is 0.210. The highest BCUT2D eigenvalue weighted by Crippen LogP contribution is 2.34. The molecule has 0 aliphatic carbocycles. The number of hydrogen-bond donors (Lipinski definition) is 1. The van der Waals surface area contributed by atoms with E-state index in [0.717, 1.165) is 21.7 Å². The number of aromatic nitrogens is 3. The highest BCUT2D eigenvalue weighted by molar-refractivity contribution is 7.18. The molecule has 3 rings (SSSR count). The van der Waals surface area contributed by atoms with Gasteiger partial charge in [-0.05, 0) is 31.5 Å². The van der Waals surface area contributed by atoms with Crippen LogP contribution in [0.5, 0.6) is 0 Å². The Kier molecular flexibility index (Phi) is 4.31. The summed E-state index contributed by atoms with van der Waals surface area (Å²) in [4.78, 5) is 16.0. The van der Waals surface area contributed by atoms with E-state index in [9.17, 15) is 0 Å². The second-order valence-corrected chi connectivity index (χ2v) is 6.20. The minimum absolute atomic E-state index is 0.632. The van der Waals surface area contributed by atoms with Crippen molar-refractivity contribution in [2.45, 2.75) is 13.8 Å². The molecule has 0 bridgehead atoms. The van der Waals surface area contributed by atoms with Crippen molar-refractivity contribution in [3.05, 3.63) is 34.8 Å². The molecule has 114 valence electrons. The molecule has 0 unspecified atom stereocenters. The van der Waals surface area contributed by atoms with E-state index in [4.69, 9.17) is 4.74 Å². The van der Waals surface area contributed by atoms with E-state index < -0.39 is 0 Å². The molecule has 5 nitrogen and oxygen atoms in total. The van der Waals surface area contributed by atoms with Gasteiger partial charge in [-0.25, -0.2) is 9.97 Å². The number of fused-ring (bicyclic) bond motifs is 1. The molecule has 22 heavy (non-hydrogen) atoms. The molecule has 0 fully saturated rings. The molecule has 1 N–H and O–H groups in total. The monoisotopic (exact) mass is 314 g/mol. The van der Waals surface area contributed by atoms with Crippen molar-refractivity contribution < 1.29 is 4.74 Å². The fraction of sp³-hybridized carbons (Fsp3) is 0.312. The number of aryl methyl sites for hydroxylation is 2. The van der Waals surface area contributed by atoms with Gasteiger partial charge in [0.25, 0.3) is 0 Å². The van der Waals surface area contributed by atoms with Crippen LogP contribution in [0.2, 0.25) is 0 Å². The summed E-state index contributed by atoms with van der Waals surface area (Å²) in [5.74, 6) is 1.50.